The fourth-order valence-corrected chi connectivity index (χ4v) is 3.12. The van der Waals surface area contributed by atoms with Crippen LogP contribution in [0.5, 0.6) is 0 Å². The van der Waals surface area contributed by atoms with E-state index in [0.717, 1.165) is 0 Å². The highest BCUT2D eigenvalue weighted by molar-refractivity contribution is 5.95. The molecule has 1 atom stereocenters. The highest BCUT2D eigenvalue weighted by atomic mass is 19.1. The summed E-state index contributed by atoms with van der Waals surface area (Å²) in [5.41, 5.74) is 1.51. The number of piperazine rings is 1. The van der Waals surface area contributed by atoms with E-state index in [9.17, 15) is 19.3 Å². The Bertz CT molecular complexity index is 825. The smallest absolute Gasteiger partial charge is 0.270 e. The van der Waals surface area contributed by atoms with E-state index in [0.29, 0.717) is 30.8 Å². The number of carbonyl (C=O) groups is 1. The summed E-state index contributed by atoms with van der Waals surface area (Å²) in [6.07, 6.45) is 0. The van der Waals surface area contributed by atoms with Crippen LogP contribution in [0.25, 0.3) is 0 Å². The zero-order valence-corrected chi connectivity index (χ0v) is 13.7. The second-order valence-electron chi connectivity index (χ2n) is 6.09. The van der Waals surface area contributed by atoms with Crippen LogP contribution in [0.1, 0.15) is 27.5 Å². The van der Waals surface area contributed by atoms with Gasteiger partial charge in [-0.1, -0.05) is 12.1 Å². The maximum absolute atomic E-state index is 13.6. The Morgan fingerprint density at radius 2 is 2.12 bits per heavy atom. The molecule has 1 heterocycles. The molecule has 1 aliphatic heterocycles. The number of benzene rings is 2. The Kier molecular flexibility index (Phi) is 4.76. The first-order chi connectivity index (χ1) is 12.0. The van der Waals surface area contributed by atoms with E-state index in [1.54, 1.807) is 30.0 Å². The Morgan fingerprint density at radius 3 is 2.84 bits per heavy atom. The standard InChI is InChI=1S/C18H18FN3O3/c1-12-7-14(10-16(8-12)22(24)25)18(23)21-6-5-20-11-17(21)13-3-2-4-15(19)9-13/h2-4,7-10,17,20H,5-6,11H2,1H3. The molecular weight excluding hydrogens is 325 g/mol. The molecular formula is C18H18FN3O3. The highest BCUT2D eigenvalue weighted by Crippen LogP contribution is 2.26. The lowest BCUT2D eigenvalue weighted by molar-refractivity contribution is -0.384. The Morgan fingerprint density at radius 1 is 1.32 bits per heavy atom. The number of rotatable bonds is 3. The molecule has 2 aromatic carbocycles. The molecule has 0 aromatic heterocycles. The van der Waals surface area contributed by atoms with Gasteiger partial charge >= 0.3 is 0 Å². The summed E-state index contributed by atoms with van der Waals surface area (Å²) >= 11 is 0. The first kappa shape index (κ1) is 17.0. The third-order valence-corrected chi connectivity index (χ3v) is 4.26. The molecule has 0 bridgehead atoms. The summed E-state index contributed by atoms with van der Waals surface area (Å²) in [6, 6.07) is 10.2. The number of hydrogen-bond acceptors (Lipinski definition) is 4. The van der Waals surface area contributed by atoms with Gasteiger partial charge in [-0.15, -0.1) is 0 Å². The van der Waals surface area contributed by atoms with Crippen LogP contribution >= 0.6 is 0 Å². The summed E-state index contributed by atoms with van der Waals surface area (Å²) < 4.78 is 13.6. The molecule has 130 valence electrons. The van der Waals surface area contributed by atoms with Gasteiger partial charge in [0.15, 0.2) is 0 Å². The summed E-state index contributed by atoms with van der Waals surface area (Å²) in [5.74, 6) is -0.649. The van der Waals surface area contributed by atoms with Crippen molar-refractivity contribution in [2.45, 2.75) is 13.0 Å². The molecule has 1 N–H and O–H groups in total. The Labute approximate surface area is 144 Å². The molecule has 25 heavy (non-hydrogen) atoms. The number of nitrogens with zero attached hydrogens (tertiary/aromatic N) is 2. The van der Waals surface area contributed by atoms with Crippen LogP contribution < -0.4 is 5.32 Å². The molecule has 1 fully saturated rings. The Hall–Kier alpha value is -2.80. The number of hydrogen-bond donors (Lipinski definition) is 1. The summed E-state index contributed by atoms with van der Waals surface area (Å²) in [5, 5.41) is 14.3. The second-order valence-corrected chi connectivity index (χ2v) is 6.09. The molecule has 2 aromatic rings. The molecule has 1 unspecified atom stereocenters. The molecule has 0 radical (unpaired) electrons. The number of nitro benzene ring substituents is 1. The van der Waals surface area contributed by atoms with Crippen molar-refractivity contribution >= 4 is 11.6 Å². The van der Waals surface area contributed by atoms with Gasteiger partial charge in [0, 0.05) is 37.3 Å². The maximum Gasteiger partial charge on any atom is 0.270 e. The van der Waals surface area contributed by atoms with Gasteiger partial charge in [0.1, 0.15) is 5.82 Å². The Balaban J connectivity index is 1.95. The topological polar surface area (TPSA) is 75.5 Å². The molecule has 6 nitrogen and oxygen atoms in total. The number of amides is 1. The predicted molar refractivity (Wildman–Crippen MR) is 90.9 cm³/mol. The van der Waals surface area contributed by atoms with Gasteiger partial charge in [-0.2, -0.15) is 0 Å². The van der Waals surface area contributed by atoms with Crippen LogP contribution in [0, 0.1) is 22.9 Å². The zero-order valence-electron chi connectivity index (χ0n) is 13.7. The molecule has 3 rings (SSSR count). The number of nitro groups is 1. The van der Waals surface area contributed by atoms with Crippen molar-refractivity contribution in [1.29, 1.82) is 0 Å². The monoisotopic (exact) mass is 343 g/mol. The van der Waals surface area contributed by atoms with Crippen molar-refractivity contribution < 1.29 is 14.1 Å². The van der Waals surface area contributed by atoms with Crippen molar-refractivity contribution in [2.24, 2.45) is 0 Å². The molecule has 1 amide bonds. The van der Waals surface area contributed by atoms with Crippen LogP contribution in [0.2, 0.25) is 0 Å². The van der Waals surface area contributed by atoms with Gasteiger partial charge in [0.2, 0.25) is 0 Å². The van der Waals surface area contributed by atoms with Crippen molar-refractivity contribution in [2.75, 3.05) is 19.6 Å². The fraction of sp³-hybridized carbons (Fsp3) is 0.278. The summed E-state index contributed by atoms with van der Waals surface area (Å²) in [6.45, 7) is 3.28. The largest absolute Gasteiger partial charge is 0.329 e. The predicted octanol–water partition coefficient (Wildman–Crippen LogP) is 2.83. The first-order valence-corrected chi connectivity index (χ1v) is 7.99. The number of carbonyl (C=O) groups excluding carboxylic acids is 1. The van der Waals surface area contributed by atoms with Gasteiger partial charge in [-0.05, 0) is 36.2 Å². The van der Waals surface area contributed by atoms with Crippen LogP contribution in [0.15, 0.2) is 42.5 Å². The van der Waals surface area contributed by atoms with Crippen molar-refractivity contribution in [3.05, 3.63) is 75.1 Å². The molecule has 0 aliphatic carbocycles. The normalized spacial score (nSPS) is 17.4. The quantitative estimate of drug-likeness (QED) is 0.687. The van der Waals surface area contributed by atoms with Crippen molar-refractivity contribution in [3.63, 3.8) is 0 Å². The SMILES string of the molecule is Cc1cc(C(=O)N2CCNCC2c2cccc(F)c2)cc([N+](=O)[O-])c1. The lowest BCUT2D eigenvalue weighted by Crippen LogP contribution is -2.48. The highest BCUT2D eigenvalue weighted by Gasteiger charge is 2.29. The van der Waals surface area contributed by atoms with E-state index >= 15 is 0 Å². The van der Waals surface area contributed by atoms with E-state index in [1.807, 2.05) is 0 Å². The molecule has 0 spiro atoms. The summed E-state index contributed by atoms with van der Waals surface area (Å²) in [7, 11) is 0. The minimum Gasteiger partial charge on any atom is -0.329 e. The lowest BCUT2D eigenvalue weighted by atomic mass is 10.0. The minimum atomic E-state index is -0.508. The molecule has 0 saturated carbocycles. The average Bonchev–Trinajstić information content (AvgIpc) is 2.60. The average molecular weight is 343 g/mol. The van der Waals surface area contributed by atoms with Crippen molar-refractivity contribution in [3.8, 4) is 0 Å². The van der Waals surface area contributed by atoms with Gasteiger partial charge in [0.05, 0.1) is 11.0 Å². The van der Waals surface area contributed by atoms with Crippen LogP contribution in [-0.2, 0) is 0 Å². The number of non-ortho nitro benzene ring substituents is 1. The number of aryl methyl sites for hydroxylation is 1. The zero-order chi connectivity index (χ0) is 18.0. The second kappa shape index (κ2) is 6.98. The van der Waals surface area contributed by atoms with Gasteiger partial charge in [-0.3, -0.25) is 14.9 Å². The third kappa shape index (κ3) is 3.66. The van der Waals surface area contributed by atoms with Crippen LogP contribution in [0.3, 0.4) is 0 Å². The van der Waals surface area contributed by atoms with Crippen molar-refractivity contribution in [1.82, 2.24) is 10.2 Å². The van der Waals surface area contributed by atoms with E-state index in [4.69, 9.17) is 0 Å². The van der Waals surface area contributed by atoms with Gasteiger partial charge in [-0.25, -0.2) is 4.39 Å². The fourth-order valence-electron chi connectivity index (χ4n) is 3.12. The molecule has 1 aliphatic rings. The van der Waals surface area contributed by atoms with E-state index in [1.165, 1.54) is 24.3 Å². The third-order valence-electron chi connectivity index (χ3n) is 4.26. The molecule has 7 heteroatoms. The van der Waals surface area contributed by atoms with Crippen LogP contribution in [0.4, 0.5) is 10.1 Å². The van der Waals surface area contributed by atoms with Gasteiger partial charge < -0.3 is 10.2 Å². The maximum atomic E-state index is 13.6. The van der Waals surface area contributed by atoms with E-state index in [2.05, 4.69) is 5.32 Å². The van der Waals surface area contributed by atoms with E-state index < -0.39 is 4.92 Å². The van der Waals surface area contributed by atoms with E-state index in [-0.39, 0.29) is 29.0 Å². The van der Waals surface area contributed by atoms with Crippen LogP contribution in [-0.4, -0.2) is 35.4 Å². The summed E-state index contributed by atoms with van der Waals surface area (Å²) in [4.78, 5) is 25.2. The lowest BCUT2D eigenvalue weighted by Gasteiger charge is -2.36. The first-order valence-electron chi connectivity index (χ1n) is 7.99. The van der Waals surface area contributed by atoms with Gasteiger partial charge in [0.25, 0.3) is 11.6 Å². The number of halogens is 1. The molecule has 1 saturated heterocycles. The number of nitrogens with one attached hydrogen (secondary N) is 1. The minimum absolute atomic E-state index is 0.110.